The summed E-state index contributed by atoms with van der Waals surface area (Å²) in [5, 5.41) is 8.59. The molecule has 2 aliphatic rings. The van der Waals surface area contributed by atoms with E-state index in [0.717, 1.165) is 40.7 Å². The Balaban J connectivity index is 1.38. The maximum absolute atomic E-state index is 13.4. The molecule has 4 aromatic rings. The van der Waals surface area contributed by atoms with Crippen molar-refractivity contribution < 1.29 is 9.59 Å². The van der Waals surface area contributed by atoms with Crippen LogP contribution in [0, 0.1) is 5.41 Å². The Morgan fingerprint density at radius 3 is 2.50 bits per heavy atom. The average molecular weight is 482 g/mol. The third kappa shape index (κ3) is 3.69. The summed E-state index contributed by atoms with van der Waals surface area (Å²) >= 11 is 0. The fraction of sp³-hybridized carbons (Fsp3) is 0.286. The minimum atomic E-state index is -0.313. The largest absolute Gasteiger partial charge is 0.350 e. The molecular weight excluding hydrogens is 454 g/mol. The van der Waals surface area contributed by atoms with Crippen LogP contribution in [-0.2, 0) is 16.6 Å². The zero-order chi connectivity index (χ0) is 25.0. The number of fused-ring (bicyclic) bond motifs is 1. The number of aryl methyl sites for hydroxylation is 1. The monoisotopic (exact) mass is 481 g/mol. The molecule has 1 aliphatic carbocycles. The lowest BCUT2D eigenvalue weighted by atomic mass is 9.98. The number of hydrogen-bond acceptors (Lipinski definition) is 4. The fourth-order valence-corrected chi connectivity index (χ4v) is 5.04. The molecule has 182 valence electrons. The molecule has 8 nitrogen and oxygen atoms in total. The second kappa shape index (κ2) is 8.19. The number of amides is 2. The summed E-state index contributed by atoms with van der Waals surface area (Å²) < 4.78 is 3.29. The highest BCUT2D eigenvalue weighted by atomic mass is 16.2. The van der Waals surface area contributed by atoms with Crippen LogP contribution < -0.4 is 15.8 Å². The third-order valence-electron chi connectivity index (χ3n) is 7.47. The number of anilines is 1. The molecule has 1 aliphatic heterocycles. The molecule has 0 bridgehead atoms. The van der Waals surface area contributed by atoms with Crippen LogP contribution in [0.4, 0.5) is 5.69 Å². The van der Waals surface area contributed by atoms with E-state index < -0.39 is 0 Å². The Morgan fingerprint density at radius 2 is 1.78 bits per heavy atom. The minimum absolute atomic E-state index is 0.0251. The lowest BCUT2D eigenvalue weighted by Gasteiger charge is -2.30. The number of carbonyl (C=O) groups is 2. The summed E-state index contributed by atoms with van der Waals surface area (Å²) in [6.45, 7) is 1.98. The summed E-state index contributed by atoms with van der Waals surface area (Å²) in [6, 6.07) is 18.3. The fourth-order valence-electron chi connectivity index (χ4n) is 5.04. The minimum Gasteiger partial charge on any atom is -0.350 e. The predicted molar refractivity (Wildman–Crippen MR) is 137 cm³/mol. The van der Waals surface area contributed by atoms with E-state index in [2.05, 4.69) is 10.4 Å². The number of nitrogens with zero attached hydrogens (tertiary/aromatic N) is 4. The van der Waals surface area contributed by atoms with Crippen LogP contribution in [0.25, 0.3) is 16.6 Å². The first-order chi connectivity index (χ1) is 17.3. The predicted octanol–water partition coefficient (Wildman–Crippen LogP) is 3.49. The van der Waals surface area contributed by atoms with Gasteiger partial charge in [0.15, 0.2) is 0 Å². The van der Waals surface area contributed by atoms with Crippen molar-refractivity contribution in [1.29, 1.82) is 0 Å². The summed E-state index contributed by atoms with van der Waals surface area (Å²) in [5.41, 5.74) is 2.98. The molecule has 1 saturated carbocycles. The lowest BCUT2D eigenvalue weighted by Crippen LogP contribution is -2.42. The molecule has 2 amide bonds. The van der Waals surface area contributed by atoms with Gasteiger partial charge < -0.3 is 14.8 Å². The van der Waals surface area contributed by atoms with Gasteiger partial charge in [0.2, 0.25) is 17.4 Å². The topological polar surface area (TPSA) is 89.2 Å². The molecule has 2 aromatic carbocycles. The van der Waals surface area contributed by atoms with E-state index in [9.17, 15) is 14.4 Å². The first kappa shape index (κ1) is 22.3. The third-order valence-corrected chi connectivity index (χ3v) is 7.47. The Bertz CT molecular complexity index is 1550. The lowest BCUT2D eigenvalue weighted by molar-refractivity contribution is -0.126. The first-order valence-corrected chi connectivity index (χ1v) is 12.2. The van der Waals surface area contributed by atoms with E-state index in [1.807, 2.05) is 55.5 Å². The molecule has 6 rings (SSSR count). The molecule has 2 fully saturated rings. The Morgan fingerprint density at radius 1 is 1.03 bits per heavy atom. The van der Waals surface area contributed by atoms with Crippen LogP contribution in [0.5, 0.6) is 0 Å². The van der Waals surface area contributed by atoms with E-state index in [1.165, 1.54) is 10.6 Å². The van der Waals surface area contributed by atoms with Crippen LogP contribution in [0.2, 0.25) is 0 Å². The van der Waals surface area contributed by atoms with Crippen LogP contribution in [-0.4, -0.2) is 32.2 Å². The van der Waals surface area contributed by atoms with Crippen molar-refractivity contribution in [2.75, 3.05) is 4.90 Å². The highest BCUT2D eigenvalue weighted by molar-refractivity contribution is 6.00. The van der Waals surface area contributed by atoms with E-state index >= 15 is 0 Å². The van der Waals surface area contributed by atoms with Crippen molar-refractivity contribution in [2.24, 2.45) is 12.5 Å². The Kier molecular flexibility index (Phi) is 5.07. The van der Waals surface area contributed by atoms with Crippen molar-refractivity contribution in [1.82, 2.24) is 19.7 Å². The molecule has 0 unspecified atom stereocenters. The number of pyridine rings is 1. The highest BCUT2D eigenvalue weighted by Crippen LogP contribution is 2.46. The van der Waals surface area contributed by atoms with Gasteiger partial charge in [-0.15, -0.1) is 0 Å². The van der Waals surface area contributed by atoms with Gasteiger partial charge in [0.25, 0.3) is 0 Å². The van der Waals surface area contributed by atoms with Crippen LogP contribution in [0.3, 0.4) is 0 Å². The van der Waals surface area contributed by atoms with E-state index in [-0.39, 0.29) is 41.3 Å². The molecule has 36 heavy (non-hydrogen) atoms. The maximum atomic E-state index is 13.4. The smallest absolute Gasteiger partial charge is 0.250 e. The van der Waals surface area contributed by atoms with Gasteiger partial charge in [-0.1, -0.05) is 37.3 Å². The van der Waals surface area contributed by atoms with E-state index in [1.54, 1.807) is 35.1 Å². The van der Waals surface area contributed by atoms with Gasteiger partial charge in [0.1, 0.15) is 0 Å². The molecule has 8 heteroatoms. The van der Waals surface area contributed by atoms with Gasteiger partial charge in [-0.05, 0) is 42.7 Å². The number of nitrogens with one attached hydrogen (secondary N) is 1. The Hall–Kier alpha value is -4.20. The van der Waals surface area contributed by atoms with Crippen molar-refractivity contribution in [2.45, 2.75) is 38.3 Å². The van der Waals surface area contributed by atoms with Gasteiger partial charge in [0.05, 0.1) is 29.5 Å². The van der Waals surface area contributed by atoms with Gasteiger partial charge in [-0.2, -0.15) is 5.10 Å². The number of aromatic nitrogens is 3. The second-order valence-corrected chi connectivity index (χ2v) is 10.1. The summed E-state index contributed by atoms with van der Waals surface area (Å²) in [6.07, 6.45) is 5.52. The second-order valence-electron chi connectivity index (χ2n) is 10.1. The van der Waals surface area contributed by atoms with Gasteiger partial charge in [-0.3, -0.25) is 14.4 Å². The highest BCUT2D eigenvalue weighted by Gasteiger charge is 2.48. The van der Waals surface area contributed by atoms with Crippen molar-refractivity contribution in [3.8, 4) is 5.69 Å². The van der Waals surface area contributed by atoms with Gasteiger partial charge in [-0.25, -0.2) is 4.68 Å². The zero-order valence-corrected chi connectivity index (χ0v) is 20.2. The first-order valence-electron chi connectivity index (χ1n) is 12.2. The molecule has 2 atom stereocenters. The molecule has 2 aromatic heterocycles. The quantitative estimate of drug-likeness (QED) is 0.473. The molecule has 3 heterocycles. The number of rotatable bonds is 5. The number of benzene rings is 2. The maximum Gasteiger partial charge on any atom is 0.250 e. The van der Waals surface area contributed by atoms with E-state index in [4.69, 9.17) is 0 Å². The molecule has 1 N–H and O–H groups in total. The van der Waals surface area contributed by atoms with Crippen LogP contribution in [0.1, 0.15) is 37.8 Å². The van der Waals surface area contributed by atoms with Crippen molar-refractivity contribution in [3.05, 3.63) is 89.0 Å². The molecule has 1 saturated heterocycles. The van der Waals surface area contributed by atoms with Crippen LogP contribution in [0.15, 0.2) is 77.9 Å². The number of carbonyl (C=O) groups excluding carboxylic acids is 2. The van der Waals surface area contributed by atoms with Crippen molar-refractivity contribution >= 4 is 28.4 Å². The average Bonchev–Trinajstić information content (AvgIpc) is 3.36. The van der Waals surface area contributed by atoms with E-state index in [0.29, 0.717) is 0 Å². The molecule has 0 radical (unpaired) electrons. The summed E-state index contributed by atoms with van der Waals surface area (Å²) in [4.78, 5) is 39.9. The summed E-state index contributed by atoms with van der Waals surface area (Å²) in [5.74, 6) is -0.00280. The van der Waals surface area contributed by atoms with Crippen molar-refractivity contribution in [3.63, 3.8) is 0 Å². The normalized spacial score (nSPS) is 20.6. The molecular formula is C28H27N5O3. The molecule has 0 spiro atoms. The Labute approximate surface area is 208 Å². The SMILES string of the molecule is Cn1cc(-n2ncc3cc(N4C(=O)C[C@@H](NC(=O)C5(C)CC5)[C@@H]4c4ccccc4)ccc32)ccc1=O. The zero-order valence-electron chi connectivity index (χ0n) is 20.2. The van der Waals surface area contributed by atoms with Gasteiger partial charge in [0, 0.05) is 42.2 Å². The number of hydrogen-bond donors (Lipinski definition) is 1. The van der Waals surface area contributed by atoms with Gasteiger partial charge >= 0.3 is 0 Å². The standard InChI is InChI=1S/C28H27N5O3/c1-28(12-13-28)27(36)30-22-15-25(35)32(26(22)18-6-4-3-5-7-18)20-8-10-23-19(14-20)16-29-33(23)21-9-11-24(34)31(2)17-21/h3-11,14,16-17,22,26H,12-13,15H2,1-2H3,(H,30,36)/t22-,26+/m1/s1. The van der Waals surface area contributed by atoms with Crippen LogP contribution >= 0.6 is 0 Å². The summed E-state index contributed by atoms with van der Waals surface area (Å²) in [7, 11) is 1.71.